The molecule has 0 radical (unpaired) electrons. The first kappa shape index (κ1) is 13.6. The number of aromatic nitrogens is 1. The van der Waals surface area contributed by atoms with Crippen LogP contribution < -0.4 is 10.6 Å². The molecule has 0 aliphatic heterocycles. The predicted molar refractivity (Wildman–Crippen MR) is 80.5 cm³/mol. The van der Waals surface area contributed by atoms with Crippen LogP contribution in [-0.4, -0.2) is 31.3 Å². The van der Waals surface area contributed by atoms with Crippen LogP contribution in [0.2, 0.25) is 0 Å². The summed E-state index contributed by atoms with van der Waals surface area (Å²) in [5.74, 6) is 0. The zero-order valence-corrected chi connectivity index (χ0v) is 11.6. The molecule has 0 fully saturated rings. The van der Waals surface area contributed by atoms with Crippen LogP contribution in [0.3, 0.4) is 0 Å². The number of nitrogen functional groups attached to an aromatic ring is 1. The van der Waals surface area contributed by atoms with Crippen LogP contribution in [0.1, 0.15) is 13.8 Å². The normalized spacial score (nSPS) is 10.8. The lowest BCUT2D eigenvalue weighted by atomic mass is 10.1. The molecule has 0 bridgehead atoms. The van der Waals surface area contributed by atoms with Crippen molar-refractivity contribution in [3.8, 4) is 0 Å². The Balaban J connectivity index is 2.37. The number of para-hydroxylation sites is 1. The van der Waals surface area contributed by atoms with E-state index < -0.39 is 0 Å². The predicted octanol–water partition coefficient (Wildman–Crippen LogP) is 2.68. The quantitative estimate of drug-likeness (QED) is 0.810. The van der Waals surface area contributed by atoms with E-state index in [1.54, 1.807) is 6.20 Å². The van der Waals surface area contributed by atoms with E-state index in [1.807, 2.05) is 25.1 Å². The minimum absolute atomic E-state index is 0.709. The van der Waals surface area contributed by atoms with Gasteiger partial charge in [0.2, 0.25) is 0 Å². The van der Waals surface area contributed by atoms with Crippen LogP contribution in [0.5, 0.6) is 0 Å². The number of benzene rings is 1. The maximum atomic E-state index is 6.12. The van der Waals surface area contributed by atoms with E-state index in [0.29, 0.717) is 6.61 Å². The molecule has 4 nitrogen and oxygen atoms in total. The van der Waals surface area contributed by atoms with E-state index >= 15 is 0 Å². The van der Waals surface area contributed by atoms with Crippen LogP contribution in [0, 0.1) is 0 Å². The Bertz CT molecular complexity index is 542. The molecule has 0 spiro atoms. The Labute approximate surface area is 114 Å². The second-order valence-corrected chi connectivity index (χ2v) is 4.36. The van der Waals surface area contributed by atoms with Crippen molar-refractivity contribution in [2.45, 2.75) is 13.8 Å². The van der Waals surface area contributed by atoms with Crippen LogP contribution in [-0.2, 0) is 4.74 Å². The molecule has 0 saturated heterocycles. The van der Waals surface area contributed by atoms with Crippen LogP contribution in [0.25, 0.3) is 10.9 Å². The Morgan fingerprint density at radius 1 is 1.26 bits per heavy atom. The zero-order chi connectivity index (χ0) is 13.7. The number of hydrogen-bond acceptors (Lipinski definition) is 4. The lowest BCUT2D eigenvalue weighted by molar-refractivity contribution is 0.154. The topological polar surface area (TPSA) is 51.4 Å². The smallest absolute Gasteiger partial charge is 0.0745 e. The molecule has 2 rings (SSSR count). The molecule has 1 heterocycles. The standard InChI is InChI=1S/C15H21N3O/c1-3-18(9-10-19-4-2)15-12-7-5-6-8-14(12)17-11-13(15)16/h5-8,11H,3-4,9-10,16H2,1-2H3. The van der Waals surface area contributed by atoms with Gasteiger partial charge in [-0.1, -0.05) is 18.2 Å². The SMILES string of the molecule is CCOCCN(CC)c1c(N)cnc2ccccc12. The number of hydrogen-bond donors (Lipinski definition) is 1. The Hall–Kier alpha value is -1.81. The summed E-state index contributed by atoms with van der Waals surface area (Å²) in [5, 5.41) is 1.10. The number of ether oxygens (including phenoxy) is 1. The third-order valence-electron chi connectivity index (χ3n) is 3.18. The molecule has 2 N–H and O–H groups in total. The van der Waals surface area contributed by atoms with Gasteiger partial charge in [0.25, 0.3) is 0 Å². The first-order valence-electron chi connectivity index (χ1n) is 6.73. The lowest BCUT2D eigenvalue weighted by Crippen LogP contribution is -2.28. The molecule has 0 amide bonds. The molecule has 0 atom stereocenters. The Morgan fingerprint density at radius 2 is 2.05 bits per heavy atom. The van der Waals surface area contributed by atoms with E-state index in [9.17, 15) is 0 Å². The van der Waals surface area contributed by atoms with Crippen molar-refractivity contribution in [3.05, 3.63) is 30.5 Å². The highest BCUT2D eigenvalue weighted by Gasteiger charge is 2.12. The number of rotatable bonds is 6. The van der Waals surface area contributed by atoms with E-state index in [2.05, 4.69) is 22.9 Å². The van der Waals surface area contributed by atoms with Crippen LogP contribution >= 0.6 is 0 Å². The van der Waals surface area contributed by atoms with Crippen molar-refractivity contribution in [2.75, 3.05) is 36.9 Å². The molecule has 2 aromatic rings. The molecule has 102 valence electrons. The Kier molecular flexibility index (Phi) is 4.58. The van der Waals surface area contributed by atoms with Gasteiger partial charge in [0.15, 0.2) is 0 Å². The first-order valence-corrected chi connectivity index (χ1v) is 6.73. The van der Waals surface area contributed by atoms with Crippen molar-refractivity contribution < 1.29 is 4.74 Å². The molecular formula is C15H21N3O. The minimum atomic E-state index is 0.709. The summed E-state index contributed by atoms with van der Waals surface area (Å²) in [6.07, 6.45) is 1.74. The van der Waals surface area contributed by atoms with Gasteiger partial charge in [0.1, 0.15) is 0 Å². The molecular weight excluding hydrogens is 238 g/mol. The van der Waals surface area contributed by atoms with Crippen molar-refractivity contribution in [2.24, 2.45) is 0 Å². The number of anilines is 2. The van der Waals surface area contributed by atoms with E-state index in [1.165, 1.54) is 0 Å². The average Bonchev–Trinajstić information content (AvgIpc) is 2.45. The highest BCUT2D eigenvalue weighted by atomic mass is 16.5. The summed E-state index contributed by atoms with van der Waals surface area (Å²) in [7, 11) is 0. The number of pyridine rings is 1. The summed E-state index contributed by atoms with van der Waals surface area (Å²) in [6.45, 7) is 7.31. The molecule has 0 aliphatic carbocycles. The molecule has 19 heavy (non-hydrogen) atoms. The highest BCUT2D eigenvalue weighted by molar-refractivity contribution is 5.97. The van der Waals surface area contributed by atoms with Gasteiger partial charge < -0.3 is 15.4 Å². The average molecular weight is 259 g/mol. The summed E-state index contributed by atoms with van der Waals surface area (Å²) in [5.41, 5.74) is 8.88. The summed E-state index contributed by atoms with van der Waals surface area (Å²) in [6, 6.07) is 8.08. The minimum Gasteiger partial charge on any atom is -0.396 e. The summed E-state index contributed by atoms with van der Waals surface area (Å²) < 4.78 is 5.44. The molecule has 1 aromatic heterocycles. The second-order valence-electron chi connectivity index (χ2n) is 4.36. The monoisotopic (exact) mass is 259 g/mol. The fourth-order valence-corrected chi connectivity index (χ4v) is 2.24. The maximum absolute atomic E-state index is 6.12. The van der Waals surface area contributed by atoms with Gasteiger partial charge in [-0.2, -0.15) is 0 Å². The molecule has 0 unspecified atom stereocenters. The van der Waals surface area contributed by atoms with Crippen LogP contribution in [0.4, 0.5) is 11.4 Å². The van der Waals surface area contributed by atoms with Crippen molar-refractivity contribution >= 4 is 22.3 Å². The third-order valence-corrected chi connectivity index (χ3v) is 3.18. The van der Waals surface area contributed by atoms with Gasteiger partial charge in [-0.3, -0.25) is 4.98 Å². The van der Waals surface area contributed by atoms with Gasteiger partial charge in [-0.25, -0.2) is 0 Å². The molecule has 0 saturated carbocycles. The second kappa shape index (κ2) is 6.38. The van der Waals surface area contributed by atoms with Crippen molar-refractivity contribution in [1.29, 1.82) is 0 Å². The van der Waals surface area contributed by atoms with Gasteiger partial charge in [-0.15, -0.1) is 0 Å². The largest absolute Gasteiger partial charge is 0.396 e. The third kappa shape index (κ3) is 2.96. The number of fused-ring (bicyclic) bond motifs is 1. The summed E-state index contributed by atoms with van der Waals surface area (Å²) >= 11 is 0. The summed E-state index contributed by atoms with van der Waals surface area (Å²) in [4.78, 5) is 6.62. The first-order chi connectivity index (χ1) is 9.27. The van der Waals surface area contributed by atoms with Crippen LogP contribution in [0.15, 0.2) is 30.5 Å². The van der Waals surface area contributed by atoms with E-state index in [0.717, 1.165) is 42.0 Å². The van der Waals surface area contributed by atoms with Crippen molar-refractivity contribution in [3.63, 3.8) is 0 Å². The van der Waals surface area contributed by atoms with Gasteiger partial charge in [0, 0.05) is 25.1 Å². The molecule has 4 heteroatoms. The maximum Gasteiger partial charge on any atom is 0.0745 e. The highest BCUT2D eigenvalue weighted by Crippen LogP contribution is 2.31. The number of nitrogens with zero attached hydrogens (tertiary/aromatic N) is 2. The number of nitrogens with two attached hydrogens (primary N) is 1. The van der Waals surface area contributed by atoms with E-state index in [4.69, 9.17) is 10.5 Å². The lowest BCUT2D eigenvalue weighted by Gasteiger charge is -2.25. The van der Waals surface area contributed by atoms with Gasteiger partial charge in [0.05, 0.1) is 29.7 Å². The number of likely N-dealkylation sites (N-methyl/N-ethyl adjacent to an activating group) is 1. The molecule has 1 aromatic carbocycles. The molecule has 0 aliphatic rings. The van der Waals surface area contributed by atoms with Gasteiger partial charge in [-0.05, 0) is 19.9 Å². The van der Waals surface area contributed by atoms with Crippen molar-refractivity contribution in [1.82, 2.24) is 4.98 Å². The fourth-order valence-electron chi connectivity index (χ4n) is 2.24. The fraction of sp³-hybridized carbons (Fsp3) is 0.400. The van der Waals surface area contributed by atoms with Gasteiger partial charge >= 0.3 is 0 Å². The Morgan fingerprint density at radius 3 is 2.79 bits per heavy atom. The zero-order valence-electron chi connectivity index (χ0n) is 11.6. The van der Waals surface area contributed by atoms with E-state index in [-0.39, 0.29) is 0 Å².